The number of aryl methyl sites for hydroxylation is 1. The summed E-state index contributed by atoms with van der Waals surface area (Å²) < 4.78 is 70.1. The average molecular weight is 349 g/mol. The molecule has 0 saturated heterocycles. The van der Waals surface area contributed by atoms with Gasteiger partial charge < -0.3 is 4.74 Å². The second-order valence-corrected chi connectivity index (χ2v) is 6.38. The number of benzene rings is 1. The van der Waals surface area contributed by atoms with E-state index >= 15 is 0 Å². The van der Waals surface area contributed by atoms with Crippen LogP contribution in [0.4, 0.5) is 13.2 Å². The number of rotatable bonds is 5. The fourth-order valence-corrected chi connectivity index (χ4v) is 3.10. The molecular formula is C14H14F3NO4S. The number of terminal acetylenes is 1. The minimum absolute atomic E-state index is 0.433. The van der Waals surface area contributed by atoms with Crippen molar-refractivity contribution in [1.82, 2.24) is 4.72 Å². The van der Waals surface area contributed by atoms with Gasteiger partial charge >= 0.3 is 12.1 Å². The monoisotopic (exact) mass is 349 g/mol. The maximum atomic E-state index is 13.4. The lowest BCUT2D eigenvalue weighted by Gasteiger charge is -2.31. The summed E-state index contributed by atoms with van der Waals surface area (Å²) in [4.78, 5) is 11.2. The number of esters is 1. The molecule has 0 aliphatic carbocycles. The Morgan fingerprint density at radius 3 is 2.22 bits per heavy atom. The number of carbonyl (C=O) groups excluding carboxylic acids is 1. The second kappa shape index (κ2) is 6.60. The quantitative estimate of drug-likeness (QED) is 0.650. The Bertz CT molecular complexity index is 720. The van der Waals surface area contributed by atoms with Gasteiger partial charge in [0.25, 0.3) is 0 Å². The van der Waals surface area contributed by atoms with Crippen molar-refractivity contribution in [2.24, 2.45) is 0 Å². The van der Waals surface area contributed by atoms with Gasteiger partial charge in [0.2, 0.25) is 15.6 Å². The zero-order valence-electron chi connectivity index (χ0n) is 12.3. The van der Waals surface area contributed by atoms with E-state index in [9.17, 15) is 26.4 Å². The van der Waals surface area contributed by atoms with Crippen LogP contribution in [0.15, 0.2) is 29.2 Å². The average Bonchev–Trinajstić information content (AvgIpc) is 2.44. The van der Waals surface area contributed by atoms with Crippen molar-refractivity contribution in [3.8, 4) is 12.3 Å². The van der Waals surface area contributed by atoms with Gasteiger partial charge in [0.1, 0.15) is 0 Å². The van der Waals surface area contributed by atoms with Crippen LogP contribution >= 0.6 is 0 Å². The first kappa shape index (κ1) is 19.0. The summed E-state index contributed by atoms with van der Waals surface area (Å²) in [6.07, 6.45) is -1.64. The zero-order valence-corrected chi connectivity index (χ0v) is 13.1. The molecular weight excluding hydrogens is 335 g/mol. The van der Waals surface area contributed by atoms with E-state index in [-0.39, 0.29) is 0 Å². The first-order chi connectivity index (χ1) is 10.5. The van der Waals surface area contributed by atoms with Gasteiger partial charge in [0.05, 0.1) is 12.0 Å². The van der Waals surface area contributed by atoms with Gasteiger partial charge in [0.15, 0.2) is 0 Å². The van der Waals surface area contributed by atoms with Crippen molar-refractivity contribution >= 4 is 16.0 Å². The number of alkyl halides is 3. The molecule has 1 N–H and O–H groups in total. The Morgan fingerprint density at radius 1 is 1.30 bits per heavy atom. The Kier molecular flexibility index (Phi) is 5.45. The molecule has 5 nitrogen and oxygen atoms in total. The first-order valence-electron chi connectivity index (χ1n) is 6.19. The topological polar surface area (TPSA) is 72.5 Å². The van der Waals surface area contributed by atoms with Gasteiger partial charge in [-0.3, -0.25) is 0 Å². The second-order valence-electron chi connectivity index (χ2n) is 4.69. The van der Waals surface area contributed by atoms with Crippen LogP contribution in [0.5, 0.6) is 0 Å². The van der Waals surface area contributed by atoms with Crippen LogP contribution in [0.3, 0.4) is 0 Å². The lowest BCUT2D eigenvalue weighted by atomic mass is 9.96. The lowest BCUT2D eigenvalue weighted by Crippen LogP contribution is -2.64. The van der Waals surface area contributed by atoms with Crippen molar-refractivity contribution in [3.05, 3.63) is 29.8 Å². The van der Waals surface area contributed by atoms with Gasteiger partial charge in [-0.2, -0.15) is 17.9 Å². The molecule has 9 heteroatoms. The van der Waals surface area contributed by atoms with Crippen LogP contribution in [0.2, 0.25) is 0 Å². The van der Waals surface area contributed by atoms with Gasteiger partial charge in [-0.05, 0) is 19.1 Å². The summed E-state index contributed by atoms with van der Waals surface area (Å²) in [6.45, 7) is 1.68. The smallest absolute Gasteiger partial charge is 0.419 e. The Morgan fingerprint density at radius 2 is 1.83 bits per heavy atom. The Balaban J connectivity index is 3.43. The summed E-state index contributed by atoms with van der Waals surface area (Å²) in [5.74, 6) is -0.169. The highest BCUT2D eigenvalue weighted by atomic mass is 32.2. The summed E-state index contributed by atoms with van der Waals surface area (Å²) in [5, 5.41) is 0. The maximum Gasteiger partial charge on any atom is 0.419 e. The van der Waals surface area contributed by atoms with E-state index in [2.05, 4.69) is 4.74 Å². The number of sulfonamides is 1. The summed E-state index contributed by atoms with van der Waals surface area (Å²) in [6, 6.07) is 5.05. The van der Waals surface area contributed by atoms with Crippen LogP contribution in [0.1, 0.15) is 12.0 Å². The molecule has 0 aliphatic heterocycles. The number of halogens is 3. The molecule has 0 aromatic heterocycles. The maximum absolute atomic E-state index is 13.4. The van der Waals surface area contributed by atoms with Gasteiger partial charge in [-0.25, -0.2) is 13.2 Å². The highest BCUT2D eigenvalue weighted by molar-refractivity contribution is 7.89. The molecule has 0 fully saturated rings. The van der Waals surface area contributed by atoms with E-state index in [0.717, 1.165) is 12.1 Å². The molecule has 1 unspecified atom stereocenters. The fourth-order valence-electron chi connectivity index (χ4n) is 1.76. The molecule has 0 aliphatic rings. The normalized spacial score (nSPS) is 14.6. The third kappa shape index (κ3) is 3.83. The first-order valence-corrected chi connectivity index (χ1v) is 7.68. The number of nitrogens with one attached hydrogen (secondary N) is 1. The molecule has 0 heterocycles. The predicted octanol–water partition coefficient (Wildman–Crippen LogP) is 1.77. The van der Waals surface area contributed by atoms with Gasteiger partial charge in [0, 0.05) is 6.42 Å². The van der Waals surface area contributed by atoms with E-state index in [1.807, 2.05) is 0 Å². The Labute approximate surface area is 131 Å². The van der Waals surface area contributed by atoms with E-state index in [1.54, 1.807) is 12.8 Å². The lowest BCUT2D eigenvalue weighted by molar-refractivity contribution is -0.206. The summed E-state index contributed by atoms with van der Waals surface area (Å²) >= 11 is 0. The summed E-state index contributed by atoms with van der Waals surface area (Å²) in [7, 11) is -3.95. The number of methoxy groups -OCH3 is 1. The Hall–Kier alpha value is -2.05. The molecule has 1 aromatic rings. The molecule has 1 atom stereocenters. The van der Waals surface area contributed by atoms with Crippen molar-refractivity contribution in [2.45, 2.75) is 30.0 Å². The highest BCUT2D eigenvalue weighted by Crippen LogP contribution is 2.35. The van der Waals surface area contributed by atoms with Crippen LogP contribution in [0, 0.1) is 19.3 Å². The summed E-state index contributed by atoms with van der Waals surface area (Å²) in [5.41, 5.74) is -2.84. The van der Waals surface area contributed by atoms with Crippen molar-refractivity contribution < 1.29 is 31.1 Å². The zero-order chi connectivity index (χ0) is 17.9. The van der Waals surface area contributed by atoms with Crippen molar-refractivity contribution in [1.29, 1.82) is 0 Å². The fraction of sp³-hybridized carbons (Fsp3) is 0.357. The van der Waals surface area contributed by atoms with Crippen LogP contribution in [-0.4, -0.2) is 33.2 Å². The predicted molar refractivity (Wildman–Crippen MR) is 75.8 cm³/mol. The highest BCUT2D eigenvalue weighted by Gasteiger charge is 2.63. The molecule has 0 bridgehead atoms. The number of carbonyl (C=O) groups is 1. The van der Waals surface area contributed by atoms with Crippen molar-refractivity contribution in [3.63, 3.8) is 0 Å². The van der Waals surface area contributed by atoms with Crippen molar-refractivity contribution in [2.75, 3.05) is 7.11 Å². The van der Waals surface area contributed by atoms with Gasteiger partial charge in [-0.1, -0.05) is 17.7 Å². The molecule has 23 heavy (non-hydrogen) atoms. The van der Waals surface area contributed by atoms with E-state index in [4.69, 9.17) is 6.42 Å². The SMILES string of the molecule is C#CCC(NS(=O)(=O)c1ccc(C)cc1)(C(=O)OC)C(F)(F)F. The van der Waals surface area contributed by atoms with Gasteiger partial charge in [-0.15, -0.1) is 12.3 Å². The molecule has 0 spiro atoms. The third-order valence-corrected chi connectivity index (χ3v) is 4.53. The molecule has 0 radical (unpaired) electrons. The standard InChI is InChI=1S/C14H14F3NO4S/c1-4-9-13(12(19)22-3,14(15,16)17)18-23(20,21)11-7-5-10(2)6-8-11/h1,5-8,18H,9H2,2-3H3. The minimum Gasteiger partial charge on any atom is -0.467 e. The third-order valence-electron chi connectivity index (χ3n) is 3.02. The number of hydrogen-bond donors (Lipinski definition) is 1. The molecule has 1 aromatic carbocycles. The molecule has 126 valence electrons. The van der Waals surface area contributed by atoms with Crippen LogP contribution in [0.25, 0.3) is 0 Å². The van der Waals surface area contributed by atoms with E-state index in [0.29, 0.717) is 12.7 Å². The molecule has 0 amide bonds. The van der Waals surface area contributed by atoms with E-state index < -0.39 is 39.0 Å². The van der Waals surface area contributed by atoms with E-state index in [1.165, 1.54) is 16.9 Å². The van der Waals surface area contributed by atoms with Crippen LogP contribution in [-0.2, 0) is 19.6 Å². The molecule has 0 saturated carbocycles. The minimum atomic E-state index is -5.29. The number of ether oxygens (including phenoxy) is 1. The largest absolute Gasteiger partial charge is 0.467 e. The number of hydrogen-bond acceptors (Lipinski definition) is 4. The molecule has 1 rings (SSSR count). The van der Waals surface area contributed by atoms with Crippen LogP contribution < -0.4 is 4.72 Å².